The molecule has 1 saturated heterocycles. The van der Waals surface area contributed by atoms with Crippen LogP contribution in [0.4, 0.5) is 5.69 Å². The zero-order valence-corrected chi connectivity index (χ0v) is 20.8. The zero-order chi connectivity index (χ0) is 25.4. The topological polar surface area (TPSA) is 122 Å². The van der Waals surface area contributed by atoms with Crippen molar-refractivity contribution in [2.24, 2.45) is 0 Å². The number of non-ortho nitro benzene ring substituents is 1. The van der Waals surface area contributed by atoms with Gasteiger partial charge in [0.25, 0.3) is 17.5 Å². The van der Waals surface area contributed by atoms with E-state index in [2.05, 4.69) is 10.9 Å². The summed E-state index contributed by atoms with van der Waals surface area (Å²) in [4.78, 5) is 48.9. The van der Waals surface area contributed by atoms with Crippen LogP contribution < -0.4 is 10.9 Å². The van der Waals surface area contributed by atoms with Gasteiger partial charge in [0.05, 0.1) is 9.83 Å². The zero-order valence-electron chi connectivity index (χ0n) is 18.4. The van der Waals surface area contributed by atoms with Crippen molar-refractivity contribution < 1.29 is 19.3 Å². The molecule has 182 valence electrons. The molecule has 1 aliphatic rings. The van der Waals surface area contributed by atoms with E-state index in [1.54, 1.807) is 23.1 Å². The van der Waals surface area contributed by atoms with E-state index in [0.29, 0.717) is 40.1 Å². The Balaban J connectivity index is 1.35. The van der Waals surface area contributed by atoms with Crippen LogP contribution in [0.3, 0.4) is 0 Å². The van der Waals surface area contributed by atoms with Gasteiger partial charge in [-0.3, -0.25) is 40.2 Å². The summed E-state index contributed by atoms with van der Waals surface area (Å²) in [6.45, 7) is 0.459. The number of carbonyl (C=O) groups excluding carboxylic acids is 3. The Labute approximate surface area is 216 Å². The summed E-state index contributed by atoms with van der Waals surface area (Å²) in [6, 6.07) is 12.2. The molecule has 0 saturated carbocycles. The minimum Gasteiger partial charge on any atom is -0.293 e. The molecule has 2 N–H and O–H groups in total. The lowest BCUT2D eigenvalue weighted by Crippen LogP contribution is -2.41. The van der Waals surface area contributed by atoms with Crippen LogP contribution in [0.1, 0.15) is 41.6 Å². The second-order valence-corrected chi connectivity index (χ2v) is 9.61. The summed E-state index contributed by atoms with van der Waals surface area (Å²) < 4.78 is 0.502. The average Bonchev–Trinajstić information content (AvgIpc) is 3.11. The Morgan fingerprint density at radius 1 is 1.06 bits per heavy atom. The highest BCUT2D eigenvalue weighted by Crippen LogP contribution is 2.33. The first-order valence-electron chi connectivity index (χ1n) is 10.6. The number of hydrogen-bond donors (Lipinski definition) is 2. The molecule has 0 aliphatic carbocycles. The number of hydrazine groups is 1. The van der Waals surface area contributed by atoms with Crippen molar-refractivity contribution in [2.45, 2.75) is 25.7 Å². The second-order valence-electron chi connectivity index (χ2n) is 7.50. The average molecular weight is 533 g/mol. The number of hydrogen-bond acceptors (Lipinski definition) is 7. The third kappa shape index (κ3) is 7.61. The highest BCUT2D eigenvalue weighted by molar-refractivity contribution is 8.26. The van der Waals surface area contributed by atoms with Crippen molar-refractivity contribution in [1.29, 1.82) is 0 Å². The fraction of sp³-hybridized carbons (Fsp3) is 0.217. The molecule has 2 aromatic rings. The maximum atomic E-state index is 12.7. The van der Waals surface area contributed by atoms with Gasteiger partial charge in [-0.05, 0) is 48.7 Å². The maximum absolute atomic E-state index is 12.7. The number of unbranched alkanes of at least 4 members (excludes halogenated alkanes) is 2. The molecule has 3 rings (SSSR count). The minimum atomic E-state index is -0.575. The van der Waals surface area contributed by atoms with Gasteiger partial charge in [-0.2, -0.15) is 0 Å². The molecule has 3 amide bonds. The lowest BCUT2D eigenvalue weighted by Gasteiger charge is -2.14. The Kier molecular flexibility index (Phi) is 9.35. The predicted octanol–water partition coefficient (Wildman–Crippen LogP) is 4.47. The highest BCUT2D eigenvalue weighted by Gasteiger charge is 2.31. The van der Waals surface area contributed by atoms with Crippen molar-refractivity contribution in [2.75, 3.05) is 6.54 Å². The summed E-state index contributed by atoms with van der Waals surface area (Å²) in [5, 5.41) is 11.3. The van der Waals surface area contributed by atoms with Crippen LogP contribution in [0.2, 0.25) is 5.02 Å². The lowest BCUT2D eigenvalue weighted by molar-refractivity contribution is -0.384. The first-order chi connectivity index (χ1) is 16.7. The molecule has 12 heteroatoms. The van der Waals surface area contributed by atoms with Crippen molar-refractivity contribution in [1.82, 2.24) is 15.8 Å². The van der Waals surface area contributed by atoms with Gasteiger partial charge in [0, 0.05) is 35.7 Å². The largest absolute Gasteiger partial charge is 0.293 e. The van der Waals surface area contributed by atoms with Crippen LogP contribution in [-0.2, 0) is 9.59 Å². The second kappa shape index (κ2) is 12.4. The highest BCUT2D eigenvalue weighted by atomic mass is 35.5. The van der Waals surface area contributed by atoms with Gasteiger partial charge in [-0.1, -0.05) is 54.1 Å². The number of nitrogens with one attached hydrogen (secondary N) is 2. The Bertz CT molecular complexity index is 1170. The van der Waals surface area contributed by atoms with E-state index in [4.69, 9.17) is 23.8 Å². The van der Waals surface area contributed by atoms with Crippen LogP contribution in [0.5, 0.6) is 0 Å². The van der Waals surface area contributed by atoms with Crippen LogP contribution >= 0.6 is 35.6 Å². The summed E-state index contributed by atoms with van der Waals surface area (Å²) in [6.07, 6.45) is 3.90. The summed E-state index contributed by atoms with van der Waals surface area (Å²) >= 11 is 12.5. The monoisotopic (exact) mass is 532 g/mol. The van der Waals surface area contributed by atoms with Gasteiger partial charge in [0.1, 0.15) is 4.32 Å². The molecule has 9 nitrogen and oxygen atoms in total. The van der Waals surface area contributed by atoms with E-state index in [1.807, 2.05) is 12.1 Å². The Morgan fingerprint density at radius 3 is 2.40 bits per heavy atom. The number of nitro benzene ring substituents is 1. The van der Waals surface area contributed by atoms with Gasteiger partial charge < -0.3 is 0 Å². The summed E-state index contributed by atoms with van der Waals surface area (Å²) in [7, 11) is 0. The molecule has 0 radical (unpaired) electrons. The van der Waals surface area contributed by atoms with Crippen molar-refractivity contribution in [3.8, 4) is 0 Å². The molecular weight excluding hydrogens is 512 g/mol. The van der Waals surface area contributed by atoms with Crippen LogP contribution in [-0.4, -0.2) is 38.4 Å². The van der Waals surface area contributed by atoms with E-state index in [1.165, 1.54) is 36.0 Å². The number of benzene rings is 2. The summed E-state index contributed by atoms with van der Waals surface area (Å²) in [5.41, 5.74) is 5.52. The Hall–Kier alpha value is -3.28. The quantitative estimate of drug-likeness (QED) is 0.161. The van der Waals surface area contributed by atoms with Gasteiger partial charge in [0.15, 0.2) is 0 Å². The normalized spacial score (nSPS) is 14.3. The molecule has 0 atom stereocenters. The van der Waals surface area contributed by atoms with Gasteiger partial charge in [-0.15, -0.1) is 0 Å². The first kappa shape index (κ1) is 26.3. The number of nitrogens with zero attached hydrogens (tertiary/aromatic N) is 2. The van der Waals surface area contributed by atoms with Crippen LogP contribution in [0, 0.1) is 10.1 Å². The number of nitro groups is 1. The number of thiocarbonyl (C=S) groups is 1. The smallest absolute Gasteiger partial charge is 0.269 e. The van der Waals surface area contributed by atoms with E-state index in [0.717, 1.165) is 5.56 Å². The molecule has 1 heterocycles. The molecular formula is C23H21ClN4O5S2. The molecule has 0 spiro atoms. The van der Waals surface area contributed by atoms with Crippen LogP contribution in [0.25, 0.3) is 6.08 Å². The number of carbonyl (C=O) groups is 3. The SMILES string of the molecule is O=C(CCCCCN1C(=O)C(=Cc2ccc(Cl)cc2)SC1=S)NNC(=O)c1ccc([N+](=O)[O-])cc1. The van der Waals surface area contributed by atoms with Gasteiger partial charge in [-0.25, -0.2) is 0 Å². The molecule has 35 heavy (non-hydrogen) atoms. The lowest BCUT2D eigenvalue weighted by atomic mass is 10.2. The standard InChI is InChI=1S/C23H21ClN4O5S2/c24-17-9-5-15(6-10-17)14-19-22(31)27(23(34)35-19)13-3-1-2-4-20(29)25-26-21(30)16-7-11-18(12-8-16)28(32)33/h5-12,14H,1-4,13H2,(H,25,29)(H,26,30). The predicted molar refractivity (Wildman–Crippen MR) is 139 cm³/mol. The maximum Gasteiger partial charge on any atom is 0.269 e. The van der Waals surface area contributed by atoms with E-state index in [9.17, 15) is 24.5 Å². The molecule has 0 aromatic heterocycles. The molecule has 0 bridgehead atoms. The van der Waals surface area contributed by atoms with E-state index >= 15 is 0 Å². The van der Waals surface area contributed by atoms with E-state index < -0.39 is 10.8 Å². The number of halogens is 1. The number of rotatable bonds is 9. The fourth-order valence-electron chi connectivity index (χ4n) is 3.13. The van der Waals surface area contributed by atoms with E-state index in [-0.39, 0.29) is 29.5 Å². The molecule has 1 fully saturated rings. The van der Waals surface area contributed by atoms with Crippen molar-refractivity contribution in [3.05, 3.63) is 79.7 Å². The van der Waals surface area contributed by atoms with Gasteiger partial charge >= 0.3 is 0 Å². The summed E-state index contributed by atoms with van der Waals surface area (Å²) in [5.74, 6) is -1.08. The minimum absolute atomic E-state index is 0.130. The number of thioether (sulfide) groups is 1. The number of amides is 3. The van der Waals surface area contributed by atoms with Gasteiger partial charge in [0.2, 0.25) is 5.91 Å². The van der Waals surface area contributed by atoms with Crippen molar-refractivity contribution >= 4 is 69.4 Å². The molecule has 0 unspecified atom stereocenters. The third-order valence-corrected chi connectivity index (χ3v) is 6.61. The molecule has 1 aliphatic heterocycles. The van der Waals surface area contributed by atoms with Crippen molar-refractivity contribution in [3.63, 3.8) is 0 Å². The Morgan fingerprint density at radius 2 is 1.74 bits per heavy atom. The molecule has 2 aromatic carbocycles. The third-order valence-electron chi connectivity index (χ3n) is 4.98. The van der Waals surface area contributed by atoms with Crippen LogP contribution in [0.15, 0.2) is 53.4 Å². The first-order valence-corrected chi connectivity index (χ1v) is 12.2. The fourth-order valence-corrected chi connectivity index (χ4v) is 4.57.